The molecule has 112 valence electrons. The van der Waals surface area contributed by atoms with Gasteiger partial charge in [0.2, 0.25) is 0 Å². The lowest BCUT2D eigenvalue weighted by atomic mass is 10.1. The predicted octanol–water partition coefficient (Wildman–Crippen LogP) is 3.23. The zero-order valence-electron chi connectivity index (χ0n) is 11.1. The van der Waals surface area contributed by atoms with E-state index < -0.39 is 23.5 Å². The number of carbonyl (C=O) groups excluding carboxylic acids is 1. The zero-order valence-corrected chi connectivity index (χ0v) is 11.1. The van der Waals surface area contributed by atoms with E-state index in [4.69, 9.17) is 4.74 Å². The highest BCUT2D eigenvalue weighted by atomic mass is 19.4. The van der Waals surface area contributed by atoms with Crippen LogP contribution in [0.2, 0.25) is 0 Å². The van der Waals surface area contributed by atoms with Crippen LogP contribution in [0.1, 0.15) is 18.9 Å². The number of nitrogens with zero attached hydrogens (tertiary/aromatic N) is 1. The summed E-state index contributed by atoms with van der Waals surface area (Å²) >= 11 is 0. The molecule has 0 saturated heterocycles. The number of esters is 1. The molecule has 0 aliphatic rings. The number of hydrogen-bond donors (Lipinski definition) is 0. The molecule has 0 radical (unpaired) electrons. The summed E-state index contributed by atoms with van der Waals surface area (Å²) < 4.78 is 55.6. The van der Waals surface area contributed by atoms with Crippen LogP contribution < -0.4 is 4.90 Å². The van der Waals surface area contributed by atoms with Crippen LogP contribution in [-0.2, 0) is 15.7 Å². The lowest BCUT2D eigenvalue weighted by Crippen LogP contribution is -2.23. The van der Waals surface area contributed by atoms with Crippen molar-refractivity contribution in [2.24, 2.45) is 0 Å². The van der Waals surface area contributed by atoms with Crippen LogP contribution in [0, 0.1) is 5.82 Å². The van der Waals surface area contributed by atoms with Crippen LogP contribution in [0.25, 0.3) is 0 Å². The third-order valence-corrected chi connectivity index (χ3v) is 2.64. The first-order valence-corrected chi connectivity index (χ1v) is 5.99. The summed E-state index contributed by atoms with van der Waals surface area (Å²) in [6.45, 7) is 2.06. The van der Waals surface area contributed by atoms with Gasteiger partial charge in [0, 0.05) is 13.6 Å². The number of halogens is 4. The fourth-order valence-corrected chi connectivity index (χ4v) is 1.61. The normalized spacial score (nSPS) is 11.3. The predicted molar refractivity (Wildman–Crippen MR) is 65.9 cm³/mol. The molecule has 0 bridgehead atoms. The molecule has 3 nitrogen and oxygen atoms in total. The van der Waals surface area contributed by atoms with Crippen LogP contribution >= 0.6 is 0 Å². The molecule has 0 amide bonds. The monoisotopic (exact) mass is 293 g/mol. The molecule has 0 spiro atoms. The van der Waals surface area contributed by atoms with E-state index in [0.29, 0.717) is 6.07 Å². The third kappa shape index (κ3) is 4.40. The number of hydrogen-bond acceptors (Lipinski definition) is 3. The van der Waals surface area contributed by atoms with Gasteiger partial charge in [-0.1, -0.05) is 0 Å². The number of alkyl halides is 3. The third-order valence-electron chi connectivity index (χ3n) is 2.64. The smallest absolute Gasteiger partial charge is 0.416 e. The molecule has 0 fully saturated rings. The molecule has 0 saturated carbocycles. The van der Waals surface area contributed by atoms with Crippen molar-refractivity contribution >= 4 is 11.7 Å². The van der Waals surface area contributed by atoms with Crippen LogP contribution in [-0.4, -0.2) is 26.2 Å². The Labute approximate surface area is 114 Å². The van der Waals surface area contributed by atoms with Gasteiger partial charge in [0.15, 0.2) is 0 Å². The first-order chi connectivity index (χ1) is 9.25. The Kier molecular flexibility index (Phi) is 5.35. The van der Waals surface area contributed by atoms with Crippen molar-refractivity contribution in [3.05, 3.63) is 29.6 Å². The fourth-order valence-electron chi connectivity index (χ4n) is 1.61. The maximum Gasteiger partial charge on any atom is 0.416 e. The molecule has 0 N–H and O–H groups in total. The summed E-state index contributed by atoms with van der Waals surface area (Å²) in [5.74, 6) is -1.42. The van der Waals surface area contributed by atoms with E-state index in [0.717, 1.165) is 12.1 Å². The van der Waals surface area contributed by atoms with Gasteiger partial charge >= 0.3 is 12.1 Å². The van der Waals surface area contributed by atoms with Crippen molar-refractivity contribution in [2.45, 2.75) is 19.5 Å². The van der Waals surface area contributed by atoms with Gasteiger partial charge in [0.1, 0.15) is 5.82 Å². The molecular weight excluding hydrogens is 278 g/mol. The van der Waals surface area contributed by atoms with Crippen LogP contribution in [0.4, 0.5) is 23.2 Å². The highest BCUT2D eigenvalue weighted by molar-refractivity contribution is 5.70. The molecular formula is C13H15F4NO2. The van der Waals surface area contributed by atoms with Crippen LogP contribution in [0.5, 0.6) is 0 Å². The van der Waals surface area contributed by atoms with Gasteiger partial charge in [0.25, 0.3) is 0 Å². The Balaban J connectivity index is 2.74. The van der Waals surface area contributed by atoms with Crippen molar-refractivity contribution in [3.8, 4) is 0 Å². The Morgan fingerprint density at radius 2 is 2.00 bits per heavy atom. The molecule has 0 unspecified atom stereocenters. The molecule has 20 heavy (non-hydrogen) atoms. The summed E-state index contributed by atoms with van der Waals surface area (Å²) in [5, 5.41) is 0. The van der Waals surface area contributed by atoms with E-state index in [1.807, 2.05) is 0 Å². The van der Waals surface area contributed by atoms with Crippen molar-refractivity contribution < 1.29 is 27.1 Å². The van der Waals surface area contributed by atoms with Crippen molar-refractivity contribution in [3.63, 3.8) is 0 Å². The van der Waals surface area contributed by atoms with Crippen molar-refractivity contribution in [1.82, 2.24) is 0 Å². The first-order valence-electron chi connectivity index (χ1n) is 5.99. The first kappa shape index (κ1) is 16.3. The minimum absolute atomic E-state index is 0.00213. The highest BCUT2D eigenvalue weighted by Gasteiger charge is 2.31. The maximum atomic E-state index is 13.6. The van der Waals surface area contributed by atoms with Gasteiger partial charge in [-0.3, -0.25) is 4.79 Å². The molecule has 0 aliphatic heterocycles. The number of benzene rings is 1. The summed E-state index contributed by atoms with van der Waals surface area (Å²) in [6, 6.07) is 2.29. The molecule has 1 aromatic carbocycles. The molecule has 0 aliphatic carbocycles. The van der Waals surface area contributed by atoms with Gasteiger partial charge < -0.3 is 9.64 Å². The number of ether oxygens (including phenoxy) is 1. The van der Waals surface area contributed by atoms with E-state index in [2.05, 4.69) is 0 Å². The summed E-state index contributed by atoms with van der Waals surface area (Å²) in [6.07, 6.45) is -4.55. The largest absolute Gasteiger partial charge is 0.466 e. The second-order valence-corrected chi connectivity index (χ2v) is 4.14. The SMILES string of the molecule is CCOC(=O)CCN(C)c1ccc(C(F)(F)F)cc1F. The average molecular weight is 293 g/mol. The van der Waals surface area contributed by atoms with Gasteiger partial charge in [-0.2, -0.15) is 13.2 Å². The average Bonchev–Trinajstić information content (AvgIpc) is 2.35. The lowest BCUT2D eigenvalue weighted by molar-refractivity contribution is -0.142. The molecule has 0 heterocycles. The van der Waals surface area contributed by atoms with E-state index in [1.54, 1.807) is 6.92 Å². The molecule has 1 rings (SSSR count). The summed E-state index contributed by atoms with van der Waals surface area (Å²) in [4.78, 5) is 12.5. The van der Waals surface area contributed by atoms with Crippen LogP contribution in [0.3, 0.4) is 0 Å². The number of carbonyl (C=O) groups is 1. The zero-order chi connectivity index (χ0) is 15.3. The Morgan fingerprint density at radius 1 is 1.35 bits per heavy atom. The minimum atomic E-state index is -4.58. The summed E-state index contributed by atoms with van der Waals surface area (Å²) in [7, 11) is 1.49. The second-order valence-electron chi connectivity index (χ2n) is 4.14. The maximum absolute atomic E-state index is 13.6. The standard InChI is InChI=1S/C13H15F4NO2/c1-3-20-12(19)6-7-18(2)11-5-4-9(8-10(11)14)13(15,16)17/h4-5,8H,3,6-7H2,1-2H3. The van der Waals surface area contributed by atoms with Gasteiger partial charge in [-0.15, -0.1) is 0 Å². The Morgan fingerprint density at radius 3 is 2.50 bits per heavy atom. The Hall–Kier alpha value is -1.79. The van der Waals surface area contributed by atoms with Crippen molar-refractivity contribution in [1.29, 1.82) is 0 Å². The van der Waals surface area contributed by atoms with Gasteiger partial charge in [0.05, 0.1) is 24.3 Å². The van der Waals surface area contributed by atoms with Gasteiger partial charge in [-0.25, -0.2) is 4.39 Å². The van der Waals surface area contributed by atoms with E-state index in [1.165, 1.54) is 11.9 Å². The van der Waals surface area contributed by atoms with Crippen LogP contribution in [0.15, 0.2) is 18.2 Å². The van der Waals surface area contributed by atoms with E-state index in [-0.39, 0.29) is 25.3 Å². The van der Waals surface area contributed by atoms with E-state index in [9.17, 15) is 22.4 Å². The van der Waals surface area contributed by atoms with E-state index >= 15 is 0 Å². The lowest BCUT2D eigenvalue weighted by Gasteiger charge is -2.20. The summed E-state index contributed by atoms with van der Waals surface area (Å²) in [5.41, 5.74) is -1.04. The minimum Gasteiger partial charge on any atom is -0.466 e. The van der Waals surface area contributed by atoms with Crippen molar-refractivity contribution in [2.75, 3.05) is 25.1 Å². The Bertz CT molecular complexity index is 474. The number of anilines is 1. The molecule has 0 atom stereocenters. The second kappa shape index (κ2) is 6.58. The highest BCUT2D eigenvalue weighted by Crippen LogP contribution is 2.32. The molecule has 0 aromatic heterocycles. The quantitative estimate of drug-likeness (QED) is 0.616. The number of rotatable bonds is 5. The molecule has 7 heteroatoms. The molecule has 1 aromatic rings. The van der Waals surface area contributed by atoms with Gasteiger partial charge in [-0.05, 0) is 25.1 Å². The fraction of sp³-hybridized carbons (Fsp3) is 0.462. The topological polar surface area (TPSA) is 29.5 Å².